The second kappa shape index (κ2) is 16.1. The number of carbonyl (C=O) groups excluding carboxylic acids is 2. The average molecular weight is 599 g/mol. The van der Waals surface area contributed by atoms with E-state index in [1.807, 2.05) is 0 Å². The van der Waals surface area contributed by atoms with Gasteiger partial charge in [-0.3, -0.25) is 0 Å². The first-order chi connectivity index (χ1) is 20.8. The molecule has 2 aliphatic carbocycles. The summed E-state index contributed by atoms with van der Waals surface area (Å²) in [5.74, 6) is -0.518. The van der Waals surface area contributed by atoms with Crippen molar-refractivity contribution >= 4 is 17.8 Å². The van der Waals surface area contributed by atoms with E-state index in [0.717, 1.165) is 56.6 Å². The molecule has 2 heterocycles. The van der Waals surface area contributed by atoms with Gasteiger partial charge in [0.25, 0.3) is 0 Å². The minimum atomic E-state index is -0.954. The number of dihydropyridines is 1. The molecule has 1 aromatic heterocycles. The predicted octanol–water partition coefficient (Wildman–Crippen LogP) is 7.15. The maximum absolute atomic E-state index is 13.6. The molecule has 0 radical (unpaired) electrons. The summed E-state index contributed by atoms with van der Waals surface area (Å²) >= 11 is 0. The Morgan fingerprint density at radius 1 is 0.860 bits per heavy atom. The first-order valence-corrected chi connectivity index (χ1v) is 16.5. The molecule has 10 nitrogen and oxygen atoms in total. The quantitative estimate of drug-likeness (QED) is 0.104. The molecule has 0 amide bonds. The van der Waals surface area contributed by atoms with Crippen LogP contribution in [0.15, 0.2) is 28.7 Å². The topological polar surface area (TPSA) is 126 Å². The summed E-state index contributed by atoms with van der Waals surface area (Å²) < 4.78 is 12.8. The van der Waals surface area contributed by atoms with Crippen LogP contribution in [0.1, 0.15) is 128 Å². The molecule has 0 aromatic carbocycles. The molecule has 4 rings (SSSR count). The molecule has 1 N–H and O–H groups in total. The minimum absolute atomic E-state index is 0.223. The highest BCUT2D eigenvalue weighted by atomic mass is 16.6. The molecule has 0 atom stereocenters. The van der Waals surface area contributed by atoms with E-state index >= 15 is 0 Å². The van der Waals surface area contributed by atoms with Gasteiger partial charge in [0.2, 0.25) is 5.82 Å². The Morgan fingerprint density at radius 3 is 1.74 bits per heavy atom. The van der Waals surface area contributed by atoms with E-state index in [9.17, 15) is 19.7 Å². The number of imidazole rings is 1. The minimum Gasteiger partial charge on any atom is -0.462 e. The van der Waals surface area contributed by atoms with E-state index < -0.39 is 22.8 Å². The van der Waals surface area contributed by atoms with Crippen LogP contribution >= 0.6 is 0 Å². The van der Waals surface area contributed by atoms with E-state index in [-0.39, 0.29) is 36.0 Å². The summed E-state index contributed by atoms with van der Waals surface area (Å²) in [7, 11) is 1.52. The molecule has 0 bridgehead atoms. The monoisotopic (exact) mass is 598 g/mol. The first-order valence-electron chi connectivity index (χ1n) is 16.5. The van der Waals surface area contributed by atoms with Crippen LogP contribution in [-0.2, 0) is 26.1 Å². The van der Waals surface area contributed by atoms with Crippen LogP contribution in [0, 0.1) is 22.0 Å². The predicted molar refractivity (Wildman–Crippen MR) is 164 cm³/mol. The van der Waals surface area contributed by atoms with Gasteiger partial charge in [0, 0.05) is 11.4 Å². The summed E-state index contributed by atoms with van der Waals surface area (Å²) in [6.45, 7) is 4.06. The van der Waals surface area contributed by atoms with Gasteiger partial charge in [-0.15, -0.1) is 0 Å². The van der Waals surface area contributed by atoms with Crippen molar-refractivity contribution < 1.29 is 24.0 Å². The van der Waals surface area contributed by atoms with Gasteiger partial charge in [0.05, 0.1) is 31.4 Å². The molecule has 0 unspecified atom stereocenters. The van der Waals surface area contributed by atoms with Gasteiger partial charge in [-0.2, -0.15) is 0 Å². The number of hydrogen-bond acceptors (Lipinski definition) is 8. The lowest BCUT2D eigenvalue weighted by Gasteiger charge is -2.28. The zero-order valence-electron chi connectivity index (χ0n) is 26.3. The van der Waals surface area contributed by atoms with Crippen LogP contribution in [0.25, 0.3) is 0 Å². The number of rotatable bonds is 14. The van der Waals surface area contributed by atoms with Crippen molar-refractivity contribution in [3.8, 4) is 0 Å². The maximum Gasteiger partial charge on any atom is 0.342 e. The Balaban J connectivity index is 1.43. The van der Waals surface area contributed by atoms with Gasteiger partial charge < -0.3 is 24.9 Å². The number of esters is 2. The van der Waals surface area contributed by atoms with Crippen LogP contribution in [0.4, 0.5) is 5.82 Å². The molecule has 10 heteroatoms. The molecule has 2 saturated carbocycles. The zero-order chi connectivity index (χ0) is 30.8. The van der Waals surface area contributed by atoms with Crippen molar-refractivity contribution in [1.82, 2.24) is 14.9 Å². The van der Waals surface area contributed by atoms with Crippen molar-refractivity contribution in [3.63, 3.8) is 0 Å². The number of allylic oxidation sites excluding steroid dienone is 2. The van der Waals surface area contributed by atoms with E-state index in [0.29, 0.717) is 11.4 Å². The average Bonchev–Trinajstić information content (AvgIpc) is 3.38. The van der Waals surface area contributed by atoms with Crippen molar-refractivity contribution in [1.29, 1.82) is 0 Å². The van der Waals surface area contributed by atoms with Crippen molar-refractivity contribution in [2.75, 3.05) is 13.2 Å². The van der Waals surface area contributed by atoms with E-state index in [1.54, 1.807) is 13.8 Å². The number of nitrogens with zero attached hydrogens (tertiary/aromatic N) is 3. The van der Waals surface area contributed by atoms with Gasteiger partial charge in [-0.05, 0) is 56.3 Å². The van der Waals surface area contributed by atoms with E-state index in [4.69, 9.17) is 9.47 Å². The van der Waals surface area contributed by atoms with Gasteiger partial charge in [-0.25, -0.2) is 19.1 Å². The molecular formula is C33H50N4O6. The highest BCUT2D eigenvalue weighted by molar-refractivity contribution is 5.99. The normalized spacial score (nSPS) is 19.0. The van der Waals surface area contributed by atoms with Crippen molar-refractivity contribution in [3.05, 3.63) is 44.7 Å². The molecule has 3 aliphatic rings. The molecular weight excluding hydrogens is 548 g/mol. The van der Waals surface area contributed by atoms with Gasteiger partial charge in [0.15, 0.2) is 0 Å². The fraction of sp³-hybridized carbons (Fsp3) is 0.727. The fourth-order valence-corrected chi connectivity index (χ4v) is 7.15. The van der Waals surface area contributed by atoms with Gasteiger partial charge in [0.1, 0.15) is 12.1 Å². The Labute approximate surface area is 255 Å². The smallest absolute Gasteiger partial charge is 0.342 e. The third-order valence-electron chi connectivity index (χ3n) is 9.57. The largest absolute Gasteiger partial charge is 0.462 e. The number of ether oxygens (including phenoxy) is 2. The number of nitro groups is 1. The highest BCUT2D eigenvalue weighted by Gasteiger charge is 2.42. The number of unbranched alkanes of at least 4 members (excludes halogenated alkanes) is 2. The number of nitrogens with one attached hydrogen (secondary N) is 1. The molecule has 238 valence electrons. The third kappa shape index (κ3) is 8.70. The number of aromatic nitrogens is 2. The molecule has 1 aliphatic heterocycles. The lowest BCUT2D eigenvalue weighted by atomic mass is 9.84. The summed E-state index contributed by atoms with van der Waals surface area (Å²) in [6.07, 6.45) is 20.1. The van der Waals surface area contributed by atoms with Crippen molar-refractivity contribution in [2.45, 2.75) is 122 Å². The molecule has 2 fully saturated rings. The van der Waals surface area contributed by atoms with E-state index in [1.165, 1.54) is 75.8 Å². The Kier molecular flexibility index (Phi) is 12.2. The van der Waals surface area contributed by atoms with Gasteiger partial charge >= 0.3 is 17.8 Å². The standard InChI is InChI=1S/C33H50N4O6/c1-23-28(32(38)42-20-12-10-18-25-14-6-4-7-15-25)30(31-34-22-27(36(31)3)37(40)41)29(24(2)35-23)33(39)43-21-13-11-19-26-16-8-5-9-17-26/h22,25-26,30,35H,4-21H2,1-3H3. The Morgan fingerprint density at radius 2 is 1.33 bits per heavy atom. The van der Waals surface area contributed by atoms with Crippen LogP contribution in [0.3, 0.4) is 0 Å². The third-order valence-corrected chi connectivity index (χ3v) is 9.57. The summed E-state index contributed by atoms with van der Waals surface area (Å²) in [5.41, 5.74) is 1.52. The summed E-state index contributed by atoms with van der Waals surface area (Å²) in [4.78, 5) is 42.6. The van der Waals surface area contributed by atoms with Crippen LogP contribution in [0.5, 0.6) is 0 Å². The first kappa shape index (κ1) is 32.7. The van der Waals surface area contributed by atoms with Crippen LogP contribution in [-0.4, -0.2) is 39.6 Å². The molecule has 43 heavy (non-hydrogen) atoms. The summed E-state index contributed by atoms with van der Waals surface area (Å²) in [5, 5.41) is 14.8. The fourth-order valence-electron chi connectivity index (χ4n) is 7.15. The van der Waals surface area contributed by atoms with Crippen LogP contribution < -0.4 is 5.32 Å². The highest BCUT2D eigenvalue weighted by Crippen LogP contribution is 2.39. The zero-order valence-corrected chi connectivity index (χ0v) is 26.3. The second-order valence-corrected chi connectivity index (χ2v) is 12.7. The SMILES string of the molecule is CC1=C(C(=O)OCCCCC2CCCCC2)C(c2ncc([N+](=O)[O-])n2C)C(C(=O)OCCCCC2CCCCC2)=C(C)N1. The number of carbonyl (C=O) groups is 2. The Hall–Kier alpha value is -3.17. The van der Waals surface area contributed by atoms with Crippen LogP contribution in [0.2, 0.25) is 0 Å². The van der Waals surface area contributed by atoms with Crippen molar-refractivity contribution in [2.24, 2.45) is 18.9 Å². The molecule has 0 spiro atoms. The molecule has 1 aromatic rings. The van der Waals surface area contributed by atoms with E-state index in [2.05, 4.69) is 10.3 Å². The Bertz CT molecular complexity index is 1130. The van der Waals surface area contributed by atoms with Gasteiger partial charge in [-0.1, -0.05) is 77.0 Å². The maximum atomic E-state index is 13.6. The lowest BCUT2D eigenvalue weighted by Crippen LogP contribution is -2.34. The molecule has 0 saturated heterocycles. The number of hydrogen-bond donors (Lipinski definition) is 1. The lowest BCUT2D eigenvalue weighted by molar-refractivity contribution is -0.391. The second-order valence-electron chi connectivity index (χ2n) is 12.7. The summed E-state index contributed by atoms with van der Waals surface area (Å²) in [6, 6.07) is 0.